The minimum atomic E-state index is -3.47. The topological polar surface area (TPSA) is 85.1 Å². The van der Waals surface area contributed by atoms with Crippen molar-refractivity contribution in [2.45, 2.75) is 42.9 Å². The number of piperidine rings is 2. The number of ether oxygens (including phenoxy) is 2. The van der Waals surface area contributed by atoms with Gasteiger partial charge in [0.1, 0.15) is 0 Å². The Morgan fingerprint density at radius 1 is 1.04 bits per heavy atom. The van der Waals surface area contributed by atoms with Crippen molar-refractivity contribution in [2.75, 3.05) is 45.3 Å². The number of methoxy groups -OCH3 is 2. The summed E-state index contributed by atoms with van der Waals surface area (Å²) < 4.78 is 38.3. The molecule has 0 saturated carbocycles. The second-order valence-electron chi connectivity index (χ2n) is 7.40. The lowest BCUT2D eigenvalue weighted by Crippen LogP contribution is -2.42. The smallest absolute Gasteiger partial charge is 0.243 e. The lowest BCUT2D eigenvalue weighted by Gasteiger charge is -2.36. The Labute approximate surface area is 162 Å². The van der Waals surface area contributed by atoms with Crippen LogP contribution in [0.4, 0.5) is 5.69 Å². The highest BCUT2D eigenvalue weighted by molar-refractivity contribution is 7.89. The summed E-state index contributed by atoms with van der Waals surface area (Å²) in [5.41, 5.74) is 6.86. The fourth-order valence-electron chi connectivity index (χ4n) is 4.02. The van der Waals surface area contributed by atoms with E-state index in [1.54, 1.807) is 30.7 Å². The maximum Gasteiger partial charge on any atom is 0.243 e. The molecule has 0 spiro atoms. The summed E-state index contributed by atoms with van der Waals surface area (Å²) in [5, 5.41) is 0. The summed E-state index contributed by atoms with van der Waals surface area (Å²) in [6.45, 7) is 2.70. The summed E-state index contributed by atoms with van der Waals surface area (Å²) in [6, 6.07) is 7.40. The molecule has 1 aromatic carbocycles. The van der Waals surface area contributed by atoms with Gasteiger partial charge in [-0.05, 0) is 43.9 Å². The number of hydrogen-bond acceptors (Lipinski definition) is 6. The van der Waals surface area contributed by atoms with Crippen LogP contribution in [0.5, 0.6) is 0 Å². The van der Waals surface area contributed by atoms with E-state index in [-0.39, 0.29) is 12.3 Å². The SMILES string of the molecule is COC(OC)C1CCN(c2cccc(S(=O)(=O)N3CCC(N)CC3)c2)CC1. The number of rotatable bonds is 6. The maximum absolute atomic E-state index is 13.0. The molecule has 27 heavy (non-hydrogen) atoms. The van der Waals surface area contributed by atoms with Crippen LogP contribution in [0.15, 0.2) is 29.2 Å². The number of hydrogen-bond donors (Lipinski definition) is 1. The van der Waals surface area contributed by atoms with Crippen LogP contribution in [0, 0.1) is 5.92 Å². The van der Waals surface area contributed by atoms with Crippen molar-refractivity contribution in [3.63, 3.8) is 0 Å². The maximum atomic E-state index is 13.0. The molecule has 152 valence electrons. The molecule has 0 atom stereocenters. The van der Waals surface area contributed by atoms with Crippen LogP contribution in [-0.2, 0) is 19.5 Å². The summed E-state index contributed by atoms with van der Waals surface area (Å²) in [5.74, 6) is 0.362. The molecule has 2 aliphatic heterocycles. The lowest BCUT2D eigenvalue weighted by atomic mass is 9.95. The van der Waals surface area contributed by atoms with Gasteiger partial charge in [-0.1, -0.05) is 6.07 Å². The lowest BCUT2D eigenvalue weighted by molar-refractivity contribution is -0.141. The number of benzene rings is 1. The zero-order valence-corrected chi connectivity index (χ0v) is 17.0. The van der Waals surface area contributed by atoms with Gasteiger partial charge in [0.25, 0.3) is 0 Å². The first-order chi connectivity index (χ1) is 13.0. The van der Waals surface area contributed by atoms with Crippen LogP contribution in [0.3, 0.4) is 0 Å². The van der Waals surface area contributed by atoms with Gasteiger partial charge in [0.2, 0.25) is 10.0 Å². The largest absolute Gasteiger partial charge is 0.371 e. The Bertz CT molecular complexity index is 707. The van der Waals surface area contributed by atoms with Crippen molar-refractivity contribution >= 4 is 15.7 Å². The predicted molar refractivity (Wildman–Crippen MR) is 105 cm³/mol. The third-order valence-corrected chi connectivity index (χ3v) is 7.60. The Hall–Kier alpha value is -1.19. The van der Waals surface area contributed by atoms with E-state index in [0.29, 0.717) is 36.7 Å². The van der Waals surface area contributed by atoms with Crippen LogP contribution in [0.25, 0.3) is 0 Å². The van der Waals surface area contributed by atoms with Gasteiger partial charge in [0.15, 0.2) is 6.29 Å². The zero-order chi connectivity index (χ0) is 19.4. The van der Waals surface area contributed by atoms with Gasteiger partial charge in [0.05, 0.1) is 4.90 Å². The van der Waals surface area contributed by atoms with E-state index in [1.165, 1.54) is 0 Å². The molecule has 3 rings (SSSR count). The minimum absolute atomic E-state index is 0.104. The quantitative estimate of drug-likeness (QED) is 0.735. The average molecular weight is 398 g/mol. The van der Waals surface area contributed by atoms with Crippen molar-refractivity contribution in [2.24, 2.45) is 11.7 Å². The molecule has 0 unspecified atom stereocenters. The highest BCUT2D eigenvalue weighted by atomic mass is 32.2. The number of sulfonamides is 1. The molecule has 8 heteroatoms. The predicted octanol–water partition coefficient (Wildman–Crippen LogP) is 1.63. The highest BCUT2D eigenvalue weighted by Crippen LogP contribution is 2.29. The highest BCUT2D eigenvalue weighted by Gasteiger charge is 2.30. The van der Waals surface area contributed by atoms with Gasteiger partial charge in [-0.15, -0.1) is 0 Å². The summed E-state index contributed by atoms with van der Waals surface area (Å²) >= 11 is 0. The third kappa shape index (κ3) is 4.63. The molecule has 1 aromatic rings. The summed E-state index contributed by atoms with van der Waals surface area (Å²) in [4.78, 5) is 2.61. The van der Waals surface area contributed by atoms with Crippen molar-refractivity contribution in [1.82, 2.24) is 4.31 Å². The molecule has 2 saturated heterocycles. The average Bonchev–Trinajstić information content (AvgIpc) is 2.70. The van der Waals surface area contributed by atoms with Gasteiger partial charge in [-0.3, -0.25) is 0 Å². The molecule has 0 bridgehead atoms. The fourth-order valence-corrected chi connectivity index (χ4v) is 5.53. The number of nitrogens with zero attached hydrogens (tertiary/aromatic N) is 2. The zero-order valence-electron chi connectivity index (χ0n) is 16.2. The standard InChI is InChI=1S/C19H31N3O4S/c1-25-19(26-2)15-6-10-21(11-7-15)17-4-3-5-18(14-17)27(23,24)22-12-8-16(20)9-13-22/h3-5,14-16,19H,6-13,20H2,1-2H3. The third-order valence-electron chi connectivity index (χ3n) is 5.71. The normalized spacial score (nSPS) is 21.1. The van der Waals surface area contributed by atoms with E-state index in [0.717, 1.165) is 31.6 Å². The first kappa shape index (κ1) is 20.5. The number of nitrogens with two attached hydrogens (primary N) is 1. The molecule has 0 aromatic heterocycles. The molecular weight excluding hydrogens is 366 g/mol. The molecule has 0 amide bonds. The second kappa shape index (κ2) is 8.87. The molecule has 2 aliphatic rings. The van der Waals surface area contributed by atoms with Crippen LogP contribution >= 0.6 is 0 Å². The first-order valence-corrected chi connectivity index (χ1v) is 11.1. The monoisotopic (exact) mass is 397 g/mol. The van der Waals surface area contributed by atoms with E-state index in [1.807, 2.05) is 12.1 Å². The van der Waals surface area contributed by atoms with Crippen LogP contribution < -0.4 is 10.6 Å². The Morgan fingerprint density at radius 2 is 1.67 bits per heavy atom. The molecule has 0 radical (unpaired) electrons. The summed E-state index contributed by atoms with van der Waals surface area (Å²) in [6.07, 6.45) is 3.16. The minimum Gasteiger partial charge on any atom is -0.371 e. The van der Waals surface area contributed by atoms with Crippen molar-refractivity contribution in [3.8, 4) is 0 Å². The second-order valence-corrected chi connectivity index (χ2v) is 9.34. The molecular formula is C19H31N3O4S. The van der Waals surface area contributed by atoms with E-state index in [4.69, 9.17) is 15.2 Å². The van der Waals surface area contributed by atoms with Gasteiger partial charge < -0.3 is 20.1 Å². The van der Waals surface area contributed by atoms with Gasteiger partial charge in [0, 0.05) is 58.0 Å². The molecule has 7 nitrogen and oxygen atoms in total. The molecule has 2 heterocycles. The van der Waals surface area contributed by atoms with Crippen molar-refractivity contribution < 1.29 is 17.9 Å². The van der Waals surface area contributed by atoms with Gasteiger partial charge >= 0.3 is 0 Å². The van der Waals surface area contributed by atoms with Gasteiger partial charge in [-0.2, -0.15) is 4.31 Å². The van der Waals surface area contributed by atoms with E-state index < -0.39 is 10.0 Å². The molecule has 0 aliphatic carbocycles. The number of anilines is 1. The van der Waals surface area contributed by atoms with Crippen molar-refractivity contribution in [3.05, 3.63) is 24.3 Å². The fraction of sp³-hybridized carbons (Fsp3) is 0.684. The molecule has 2 fully saturated rings. The first-order valence-electron chi connectivity index (χ1n) is 9.62. The Morgan fingerprint density at radius 3 is 2.26 bits per heavy atom. The van der Waals surface area contributed by atoms with E-state index in [9.17, 15) is 8.42 Å². The van der Waals surface area contributed by atoms with Crippen molar-refractivity contribution in [1.29, 1.82) is 0 Å². The van der Waals surface area contributed by atoms with Crippen LogP contribution in [0.1, 0.15) is 25.7 Å². The van der Waals surface area contributed by atoms with Gasteiger partial charge in [-0.25, -0.2) is 8.42 Å². The van der Waals surface area contributed by atoms with Crippen LogP contribution in [0.2, 0.25) is 0 Å². The van der Waals surface area contributed by atoms with Crippen LogP contribution in [-0.4, -0.2) is 65.5 Å². The Balaban J connectivity index is 1.69. The molecule has 2 N–H and O–H groups in total. The van der Waals surface area contributed by atoms with E-state index >= 15 is 0 Å². The summed E-state index contributed by atoms with van der Waals surface area (Å²) in [7, 11) is -0.130. The van der Waals surface area contributed by atoms with E-state index in [2.05, 4.69) is 4.90 Å². The Kier molecular flexibility index (Phi) is 6.75.